The number of hydrogen-bond donors (Lipinski definition) is 1. The van der Waals surface area contributed by atoms with Gasteiger partial charge in [-0.05, 0) is 49.9 Å². The maximum Gasteiger partial charge on any atom is 0.326 e. The highest BCUT2D eigenvalue weighted by Gasteiger charge is 2.51. The molecular formula is C16H17Cl4NO2S. The first-order valence-corrected chi connectivity index (χ1v) is 10.1. The van der Waals surface area contributed by atoms with Gasteiger partial charge in [-0.1, -0.05) is 46.4 Å². The topological polar surface area (TPSA) is 38.3 Å². The normalized spacial score (nSPS) is 29.5. The van der Waals surface area contributed by atoms with Crippen LogP contribution in [0.2, 0.25) is 5.02 Å². The van der Waals surface area contributed by atoms with Crippen molar-refractivity contribution in [1.29, 1.82) is 0 Å². The second kappa shape index (κ2) is 7.42. The van der Waals surface area contributed by atoms with E-state index in [1.54, 1.807) is 11.8 Å². The molecule has 1 aromatic rings. The summed E-state index contributed by atoms with van der Waals surface area (Å²) in [7, 11) is 0. The average Bonchev–Trinajstić information content (AvgIpc) is 2.83. The highest BCUT2D eigenvalue weighted by Crippen LogP contribution is 2.43. The van der Waals surface area contributed by atoms with Crippen molar-refractivity contribution in [2.24, 2.45) is 0 Å². The van der Waals surface area contributed by atoms with Crippen molar-refractivity contribution < 1.29 is 9.53 Å². The van der Waals surface area contributed by atoms with Crippen LogP contribution in [0.1, 0.15) is 25.7 Å². The molecule has 3 atom stereocenters. The fourth-order valence-electron chi connectivity index (χ4n) is 3.41. The summed E-state index contributed by atoms with van der Waals surface area (Å²) in [6, 6.07) is 8.09. The molecule has 3 nitrogen and oxygen atoms in total. The van der Waals surface area contributed by atoms with Gasteiger partial charge in [-0.3, -0.25) is 10.1 Å². The molecule has 0 aromatic heterocycles. The number of carbonyl (C=O) groups excluding carboxylic acids is 1. The van der Waals surface area contributed by atoms with Gasteiger partial charge in [0, 0.05) is 21.2 Å². The third-order valence-corrected chi connectivity index (χ3v) is 6.21. The smallest absolute Gasteiger partial charge is 0.326 e. The van der Waals surface area contributed by atoms with E-state index in [-0.39, 0.29) is 12.6 Å². The lowest BCUT2D eigenvalue weighted by molar-refractivity contribution is -0.152. The predicted octanol–water partition coefficient (Wildman–Crippen LogP) is 5.00. The third kappa shape index (κ3) is 4.66. The Bertz CT molecular complexity index is 607. The number of fused-ring (bicyclic) bond motifs is 2. The summed E-state index contributed by atoms with van der Waals surface area (Å²) >= 11 is 24.8. The van der Waals surface area contributed by atoms with Crippen LogP contribution in [-0.2, 0) is 9.53 Å². The molecule has 8 heteroatoms. The number of hydrogen-bond acceptors (Lipinski definition) is 4. The van der Waals surface area contributed by atoms with Crippen molar-refractivity contribution in [3.8, 4) is 0 Å². The van der Waals surface area contributed by atoms with E-state index in [0.717, 1.165) is 29.2 Å². The monoisotopic (exact) mass is 427 g/mol. The summed E-state index contributed by atoms with van der Waals surface area (Å²) in [5.41, 5.74) is -0.664. The average molecular weight is 429 g/mol. The molecule has 2 fully saturated rings. The summed E-state index contributed by atoms with van der Waals surface area (Å²) in [6.45, 7) is -0.237. The Labute approximate surface area is 165 Å². The summed E-state index contributed by atoms with van der Waals surface area (Å²) < 4.78 is 3.67. The van der Waals surface area contributed by atoms with Crippen LogP contribution in [-0.4, -0.2) is 33.2 Å². The molecule has 0 saturated carbocycles. The van der Waals surface area contributed by atoms with Gasteiger partial charge in [-0.25, -0.2) is 0 Å². The van der Waals surface area contributed by atoms with Gasteiger partial charge in [0.05, 0.1) is 0 Å². The van der Waals surface area contributed by atoms with Gasteiger partial charge in [0.25, 0.3) is 0 Å². The minimum absolute atomic E-state index is 0.237. The molecule has 0 spiro atoms. The molecule has 2 aliphatic rings. The quantitative estimate of drug-likeness (QED) is 0.540. The van der Waals surface area contributed by atoms with Crippen LogP contribution in [0.3, 0.4) is 0 Å². The summed E-state index contributed by atoms with van der Waals surface area (Å²) in [5, 5.41) is 4.48. The maximum atomic E-state index is 12.6. The van der Waals surface area contributed by atoms with E-state index in [2.05, 4.69) is 5.32 Å². The first kappa shape index (κ1) is 18.9. The lowest BCUT2D eigenvalue weighted by Gasteiger charge is -2.37. The van der Waals surface area contributed by atoms with Crippen LogP contribution >= 0.6 is 58.2 Å². The highest BCUT2D eigenvalue weighted by atomic mass is 35.6. The molecule has 0 amide bonds. The summed E-state index contributed by atoms with van der Waals surface area (Å²) in [5.74, 6) is -0.322. The van der Waals surface area contributed by atoms with Gasteiger partial charge in [-0.15, -0.1) is 11.8 Å². The number of benzene rings is 1. The van der Waals surface area contributed by atoms with Crippen molar-refractivity contribution in [2.75, 3.05) is 6.61 Å². The number of alkyl halides is 3. The summed E-state index contributed by atoms with van der Waals surface area (Å²) in [6.07, 6.45) is 3.44. The second-order valence-corrected chi connectivity index (χ2v) is 10.6. The SMILES string of the molecule is O=C(OCC(Cl)(Cl)Cl)C12CCC(CC(Sc3ccc(Cl)cc3)C1)N2. The van der Waals surface area contributed by atoms with Crippen molar-refractivity contribution in [1.82, 2.24) is 5.32 Å². The molecule has 2 bridgehead atoms. The number of rotatable bonds is 4. The van der Waals surface area contributed by atoms with Gasteiger partial charge in [0.15, 0.2) is 0 Å². The first-order valence-electron chi connectivity index (χ1n) is 7.70. The molecule has 2 aliphatic heterocycles. The van der Waals surface area contributed by atoms with Crippen LogP contribution < -0.4 is 5.32 Å². The van der Waals surface area contributed by atoms with E-state index in [1.165, 1.54) is 0 Å². The number of halogens is 4. The molecule has 1 aromatic carbocycles. The minimum Gasteiger partial charge on any atom is -0.460 e. The van der Waals surface area contributed by atoms with Crippen molar-refractivity contribution >= 4 is 64.1 Å². The van der Waals surface area contributed by atoms with Gasteiger partial charge in [0.1, 0.15) is 12.1 Å². The van der Waals surface area contributed by atoms with E-state index >= 15 is 0 Å². The molecule has 2 saturated heterocycles. The predicted molar refractivity (Wildman–Crippen MR) is 100 cm³/mol. The molecule has 1 N–H and O–H groups in total. The zero-order chi connectivity index (χ0) is 17.4. The molecular weight excluding hydrogens is 412 g/mol. The molecule has 0 aliphatic carbocycles. The highest BCUT2D eigenvalue weighted by molar-refractivity contribution is 8.00. The Morgan fingerprint density at radius 1 is 1.33 bits per heavy atom. The van der Waals surface area contributed by atoms with E-state index in [4.69, 9.17) is 51.1 Å². The Balaban J connectivity index is 1.66. The second-order valence-electron chi connectivity index (χ2n) is 6.29. The van der Waals surface area contributed by atoms with Gasteiger partial charge in [-0.2, -0.15) is 0 Å². The van der Waals surface area contributed by atoms with E-state index in [1.807, 2.05) is 24.3 Å². The number of piperidine rings is 1. The molecule has 132 valence electrons. The van der Waals surface area contributed by atoms with Crippen LogP contribution in [0.25, 0.3) is 0 Å². The Morgan fingerprint density at radius 2 is 2.04 bits per heavy atom. The van der Waals surface area contributed by atoms with E-state index < -0.39 is 9.33 Å². The standard InChI is InChI=1S/C16H17Cl4NO2S/c17-10-1-3-12(4-2-10)24-13-7-11-5-6-15(8-13,21-11)14(22)23-9-16(18,19)20/h1-4,11,13,21H,5-9H2. The zero-order valence-electron chi connectivity index (χ0n) is 12.7. The lowest BCUT2D eigenvalue weighted by Crippen LogP contribution is -2.56. The Hall–Kier alpha value is 0.160. The molecule has 3 rings (SSSR count). The van der Waals surface area contributed by atoms with Crippen LogP contribution in [0.5, 0.6) is 0 Å². The number of nitrogens with one attached hydrogen (secondary N) is 1. The van der Waals surface area contributed by atoms with Crippen molar-refractivity contribution in [3.05, 3.63) is 29.3 Å². The third-order valence-electron chi connectivity index (χ3n) is 4.40. The fourth-order valence-corrected chi connectivity index (χ4v) is 5.07. The van der Waals surface area contributed by atoms with Gasteiger partial charge < -0.3 is 4.74 Å². The van der Waals surface area contributed by atoms with Crippen LogP contribution in [0, 0.1) is 0 Å². The first-order chi connectivity index (χ1) is 11.3. The van der Waals surface area contributed by atoms with E-state index in [0.29, 0.717) is 17.7 Å². The minimum atomic E-state index is -1.59. The van der Waals surface area contributed by atoms with Gasteiger partial charge >= 0.3 is 5.97 Å². The Morgan fingerprint density at radius 3 is 2.71 bits per heavy atom. The number of carbonyl (C=O) groups is 1. The Kier molecular flexibility index (Phi) is 5.85. The van der Waals surface area contributed by atoms with Crippen molar-refractivity contribution in [3.63, 3.8) is 0 Å². The van der Waals surface area contributed by atoms with Gasteiger partial charge in [0.2, 0.25) is 3.79 Å². The fraction of sp³-hybridized carbons (Fsp3) is 0.562. The number of thioether (sulfide) groups is 1. The van der Waals surface area contributed by atoms with E-state index in [9.17, 15) is 4.79 Å². The zero-order valence-corrected chi connectivity index (χ0v) is 16.6. The maximum absolute atomic E-state index is 12.6. The number of esters is 1. The number of ether oxygens (including phenoxy) is 1. The summed E-state index contributed by atoms with van der Waals surface area (Å²) in [4.78, 5) is 13.7. The molecule has 0 radical (unpaired) electrons. The van der Waals surface area contributed by atoms with Crippen LogP contribution in [0.4, 0.5) is 0 Å². The lowest BCUT2D eigenvalue weighted by atomic mass is 9.90. The van der Waals surface area contributed by atoms with Crippen LogP contribution in [0.15, 0.2) is 29.2 Å². The largest absolute Gasteiger partial charge is 0.460 e. The molecule has 3 unspecified atom stereocenters. The molecule has 24 heavy (non-hydrogen) atoms. The molecule has 2 heterocycles. The van der Waals surface area contributed by atoms with Crippen molar-refractivity contribution in [2.45, 2.75) is 51.2 Å².